The molecular formula is C20H19ClN2O3. The number of halogens is 1. The van der Waals surface area contributed by atoms with Gasteiger partial charge in [0.05, 0.1) is 23.6 Å². The highest BCUT2D eigenvalue weighted by Gasteiger charge is 2.27. The second-order valence-electron chi connectivity index (χ2n) is 5.94. The molecule has 0 fully saturated rings. The van der Waals surface area contributed by atoms with Crippen LogP contribution in [0.5, 0.6) is 5.75 Å². The number of hydrogen-bond donors (Lipinski definition) is 1. The smallest absolute Gasteiger partial charge is 0.289 e. The van der Waals surface area contributed by atoms with Crippen LogP contribution in [0.15, 0.2) is 42.5 Å². The molecule has 2 aromatic carbocycles. The number of carbonyl (C=O) groups excluding carboxylic acids is 2. The largest absolute Gasteiger partial charge is 0.496 e. The van der Waals surface area contributed by atoms with Gasteiger partial charge >= 0.3 is 0 Å². The van der Waals surface area contributed by atoms with Crippen molar-refractivity contribution in [2.24, 2.45) is 5.73 Å². The van der Waals surface area contributed by atoms with E-state index in [-0.39, 0.29) is 0 Å². The van der Waals surface area contributed by atoms with E-state index < -0.39 is 11.7 Å². The molecule has 0 aliphatic heterocycles. The van der Waals surface area contributed by atoms with Crippen molar-refractivity contribution in [1.29, 1.82) is 0 Å². The first-order valence-corrected chi connectivity index (χ1v) is 8.62. The maximum Gasteiger partial charge on any atom is 0.289 e. The molecule has 1 amide bonds. The minimum Gasteiger partial charge on any atom is -0.496 e. The molecule has 1 aromatic heterocycles. The number of ether oxygens (including phenoxy) is 1. The summed E-state index contributed by atoms with van der Waals surface area (Å²) in [7, 11) is 1.53. The molecule has 0 radical (unpaired) electrons. The van der Waals surface area contributed by atoms with Gasteiger partial charge in [0.2, 0.25) is 0 Å². The van der Waals surface area contributed by atoms with Gasteiger partial charge < -0.3 is 15.0 Å². The standard InChI is InChI=1S/C20H19ClN2O3/c1-3-14-18(19(24)20(22)25)17-15(8-5-9-16(17)26-2)23(14)11-12-6-4-7-13(21)10-12/h4-10H,3,11H2,1-2H3,(H2,22,25). The molecular weight excluding hydrogens is 352 g/mol. The minimum atomic E-state index is -0.979. The Morgan fingerprint density at radius 1 is 1.19 bits per heavy atom. The molecule has 0 atom stereocenters. The Balaban J connectivity index is 2.32. The predicted octanol–water partition coefficient (Wildman–Crippen LogP) is 3.58. The van der Waals surface area contributed by atoms with Gasteiger partial charge in [-0.3, -0.25) is 9.59 Å². The van der Waals surface area contributed by atoms with Crippen molar-refractivity contribution in [2.45, 2.75) is 19.9 Å². The number of primary amides is 1. The summed E-state index contributed by atoms with van der Waals surface area (Å²) < 4.78 is 7.45. The molecule has 3 rings (SSSR count). The van der Waals surface area contributed by atoms with Crippen molar-refractivity contribution in [1.82, 2.24) is 4.57 Å². The molecule has 5 nitrogen and oxygen atoms in total. The fourth-order valence-corrected chi connectivity index (χ4v) is 3.54. The van der Waals surface area contributed by atoms with Crippen LogP contribution in [0, 0.1) is 0 Å². The molecule has 134 valence electrons. The molecule has 3 aromatic rings. The average molecular weight is 371 g/mol. The third-order valence-corrected chi connectivity index (χ3v) is 4.63. The van der Waals surface area contributed by atoms with Gasteiger partial charge in [0, 0.05) is 17.3 Å². The quantitative estimate of drug-likeness (QED) is 0.532. The van der Waals surface area contributed by atoms with Crippen LogP contribution in [-0.2, 0) is 17.8 Å². The first kappa shape index (κ1) is 18.0. The Labute approximate surface area is 156 Å². The molecule has 2 N–H and O–H groups in total. The van der Waals surface area contributed by atoms with E-state index in [9.17, 15) is 9.59 Å². The normalized spacial score (nSPS) is 10.9. The lowest BCUT2D eigenvalue weighted by Crippen LogP contribution is -2.24. The lowest BCUT2D eigenvalue weighted by Gasteiger charge is -2.11. The predicted molar refractivity (Wildman–Crippen MR) is 102 cm³/mol. The van der Waals surface area contributed by atoms with Gasteiger partial charge in [-0.2, -0.15) is 0 Å². The van der Waals surface area contributed by atoms with Crippen LogP contribution in [0.3, 0.4) is 0 Å². The van der Waals surface area contributed by atoms with Gasteiger partial charge in [-0.25, -0.2) is 0 Å². The van der Waals surface area contributed by atoms with E-state index in [4.69, 9.17) is 22.1 Å². The molecule has 26 heavy (non-hydrogen) atoms. The van der Waals surface area contributed by atoms with Crippen LogP contribution in [0.25, 0.3) is 10.9 Å². The van der Waals surface area contributed by atoms with Gasteiger partial charge in [0.15, 0.2) is 0 Å². The molecule has 0 saturated carbocycles. The van der Waals surface area contributed by atoms with Gasteiger partial charge in [0.1, 0.15) is 5.75 Å². The topological polar surface area (TPSA) is 74.3 Å². The van der Waals surface area contributed by atoms with E-state index in [1.54, 1.807) is 6.07 Å². The number of amides is 1. The average Bonchev–Trinajstić information content (AvgIpc) is 2.94. The second kappa shape index (κ2) is 7.22. The summed E-state index contributed by atoms with van der Waals surface area (Å²) in [5, 5.41) is 1.25. The highest BCUT2D eigenvalue weighted by molar-refractivity contribution is 6.45. The van der Waals surface area contributed by atoms with Crippen molar-refractivity contribution in [3.8, 4) is 5.75 Å². The number of rotatable bonds is 6. The second-order valence-corrected chi connectivity index (χ2v) is 6.38. The Morgan fingerprint density at radius 2 is 1.92 bits per heavy atom. The van der Waals surface area contributed by atoms with Gasteiger partial charge in [-0.05, 0) is 36.2 Å². The highest BCUT2D eigenvalue weighted by Crippen LogP contribution is 2.35. The Morgan fingerprint density at radius 3 is 2.54 bits per heavy atom. The molecule has 0 aliphatic carbocycles. The van der Waals surface area contributed by atoms with Crippen LogP contribution in [0.1, 0.15) is 28.5 Å². The van der Waals surface area contributed by atoms with E-state index in [2.05, 4.69) is 0 Å². The van der Waals surface area contributed by atoms with Crippen LogP contribution in [-0.4, -0.2) is 23.4 Å². The number of nitrogens with two attached hydrogens (primary N) is 1. The van der Waals surface area contributed by atoms with Crippen LogP contribution in [0.4, 0.5) is 0 Å². The van der Waals surface area contributed by atoms with Crippen LogP contribution in [0.2, 0.25) is 5.02 Å². The van der Waals surface area contributed by atoms with Gasteiger partial charge in [-0.15, -0.1) is 0 Å². The number of nitrogens with zero attached hydrogens (tertiary/aromatic N) is 1. The molecule has 0 spiro atoms. The summed E-state index contributed by atoms with van der Waals surface area (Å²) in [5.41, 5.74) is 8.16. The van der Waals surface area contributed by atoms with Crippen LogP contribution < -0.4 is 10.5 Å². The Bertz CT molecular complexity index is 1010. The molecule has 0 unspecified atom stereocenters. The van der Waals surface area contributed by atoms with Crippen molar-refractivity contribution in [3.63, 3.8) is 0 Å². The summed E-state index contributed by atoms with van der Waals surface area (Å²) in [6.45, 7) is 2.45. The third-order valence-electron chi connectivity index (χ3n) is 4.39. The summed E-state index contributed by atoms with van der Waals surface area (Å²) in [5.74, 6) is -1.15. The number of aromatic nitrogens is 1. The zero-order valence-electron chi connectivity index (χ0n) is 14.6. The number of carbonyl (C=O) groups is 2. The number of Topliss-reactive ketones (excluding diaryl/α,β-unsaturated/α-hetero) is 1. The number of hydrogen-bond acceptors (Lipinski definition) is 3. The van der Waals surface area contributed by atoms with E-state index >= 15 is 0 Å². The molecule has 0 saturated heterocycles. The molecule has 0 aliphatic rings. The van der Waals surface area contributed by atoms with E-state index in [0.717, 1.165) is 16.8 Å². The SMILES string of the molecule is CCc1c(C(=O)C(N)=O)c2c(OC)cccc2n1Cc1cccc(Cl)c1. The van der Waals surface area contributed by atoms with Crippen LogP contribution >= 0.6 is 11.6 Å². The number of fused-ring (bicyclic) bond motifs is 1. The number of ketones is 1. The number of methoxy groups -OCH3 is 1. The van der Waals surface area contributed by atoms with Gasteiger partial charge in [-0.1, -0.05) is 36.7 Å². The lowest BCUT2D eigenvalue weighted by molar-refractivity contribution is -0.114. The van der Waals surface area contributed by atoms with E-state index in [0.29, 0.717) is 34.7 Å². The van der Waals surface area contributed by atoms with Crippen molar-refractivity contribution in [3.05, 3.63) is 64.3 Å². The zero-order chi connectivity index (χ0) is 18.8. The lowest BCUT2D eigenvalue weighted by atomic mass is 10.0. The van der Waals surface area contributed by atoms with Crippen molar-refractivity contribution in [2.75, 3.05) is 7.11 Å². The maximum atomic E-state index is 12.6. The van der Waals surface area contributed by atoms with Crippen molar-refractivity contribution >= 4 is 34.2 Å². The summed E-state index contributed by atoms with van der Waals surface area (Å²) in [4.78, 5) is 24.2. The highest BCUT2D eigenvalue weighted by atomic mass is 35.5. The maximum absolute atomic E-state index is 12.6. The fourth-order valence-electron chi connectivity index (χ4n) is 3.32. The monoisotopic (exact) mass is 370 g/mol. The third kappa shape index (κ3) is 3.06. The molecule has 6 heteroatoms. The van der Waals surface area contributed by atoms with Gasteiger partial charge in [0.25, 0.3) is 11.7 Å². The van der Waals surface area contributed by atoms with Crippen molar-refractivity contribution < 1.29 is 14.3 Å². The first-order valence-electron chi connectivity index (χ1n) is 8.24. The number of benzene rings is 2. The Hall–Kier alpha value is -2.79. The molecule has 0 bridgehead atoms. The fraction of sp³-hybridized carbons (Fsp3) is 0.200. The zero-order valence-corrected chi connectivity index (χ0v) is 15.3. The summed E-state index contributed by atoms with van der Waals surface area (Å²) in [6, 6.07) is 13.1. The first-order chi connectivity index (χ1) is 12.5. The summed E-state index contributed by atoms with van der Waals surface area (Å²) >= 11 is 6.10. The molecule has 1 heterocycles. The minimum absolute atomic E-state index is 0.314. The van der Waals surface area contributed by atoms with E-state index in [1.165, 1.54) is 7.11 Å². The Kier molecular flexibility index (Phi) is 5.00. The van der Waals surface area contributed by atoms with E-state index in [1.807, 2.05) is 47.9 Å². The summed E-state index contributed by atoms with van der Waals surface area (Å²) in [6.07, 6.45) is 0.562.